The van der Waals surface area contributed by atoms with Crippen molar-refractivity contribution in [2.45, 2.75) is 13.8 Å². The first kappa shape index (κ1) is 12.5. The van der Waals surface area contributed by atoms with Crippen LogP contribution in [0.15, 0.2) is 30.5 Å². The van der Waals surface area contributed by atoms with E-state index in [4.69, 9.17) is 17.3 Å². The summed E-state index contributed by atoms with van der Waals surface area (Å²) in [5, 5.41) is 4.24. The Morgan fingerprint density at radius 1 is 1.31 bits per heavy atom. The Balaban J connectivity index is 0.000000606. The number of aromatic nitrogens is 2. The molecule has 16 heavy (non-hydrogen) atoms. The third kappa shape index (κ3) is 2.73. The molecule has 2 rings (SSSR count). The first-order valence-electron chi connectivity index (χ1n) is 4.93. The van der Waals surface area contributed by atoms with E-state index in [2.05, 4.69) is 5.10 Å². The lowest BCUT2D eigenvalue weighted by molar-refractivity contribution is 0.611. The first-order valence-corrected chi connectivity index (χ1v) is 5.31. The van der Waals surface area contributed by atoms with Crippen molar-refractivity contribution >= 4 is 17.4 Å². The fraction of sp³-hybridized carbons (Fsp3) is 0.182. The van der Waals surface area contributed by atoms with Crippen LogP contribution in [0, 0.1) is 5.82 Å². The number of nitrogens with zero attached hydrogens (tertiary/aromatic N) is 2. The van der Waals surface area contributed by atoms with Gasteiger partial charge in [0.2, 0.25) is 0 Å². The molecule has 3 nitrogen and oxygen atoms in total. The van der Waals surface area contributed by atoms with Gasteiger partial charge in [-0.05, 0) is 18.2 Å². The molecule has 86 valence electrons. The van der Waals surface area contributed by atoms with Crippen LogP contribution in [0.3, 0.4) is 0 Å². The average Bonchev–Trinajstić information content (AvgIpc) is 2.68. The van der Waals surface area contributed by atoms with E-state index in [0.717, 1.165) is 0 Å². The molecule has 0 bridgehead atoms. The Morgan fingerprint density at radius 2 is 2.00 bits per heavy atom. The summed E-state index contributed by atoms with van der Waals surface area (Å²) in [6.07, 6.45) is 1.58. The molecule has 0 spiro atoms. The normalized spacial score (nSPS) is 9.50. The highest BCUT2D eigenvalue weighted by Gasteiger charge is 2.05. The minimum Gasteiger partial charge on any atom is -0.382 e. The molecule has 2 N–H and O–H groups in total. The lowest BCUT2D eigenvalue weighted by atomic mass is 10.3. The molecule has 0 saturated carbocycles. The summed E-state index contributed by atoms with van der Waals surface area (Å²) in [7, 11) is 0. The van der Waals surface area contributed by atoms with Gasteiger partial charge in [-0.15, -0.1) is 0 Å². The second-order valence-electron chi connectivity index (χ2n) is 2.78. The van der Waals surface area contributed by atoms with Crippen LogP contribution in [-0.2, 0) is 0 Å². The van der Waals surface area contributed by atoms with Gasteiger partial charge in [0.15, 0.2) is 0 Å². The van der Waals surface area contributed by atoms with Gasteiger partial charge in [0.05, 0.1) is 0 Å². The topological polar surface area (TPSA) is 43.8 Å². The highest BCUT2D eigenvalue weighted by atomic mass is 35.5. The molecule has 0 radical (unpaired) electrons. The van der Waals surface area contributed by atoms with E-state index in [1.54, 1.807) is 24.4 Å². The summed E-state index contributed by atoms with van der Waals surface area (Å²) in [6.45, 7) is 4.00. The van der Waals surface area contributed by atoms with Crippen molar-refractivity contribution in [2.24, 2.45) is 0 Å². The maximum Gasteiger partial charge on any atom is 0.150 e. The molecule has 2 aromatic rings. The molecule has 0 amide bonds. The van der Waals surface area contributed by atoms with E-state index in [1.807, 2.05) is 13.8 Å². The summed E-state index contributed by atoms with van der Waals surface area (Å²) >= 11 is 5.62. The Hall–Kier alpha value is -1.55. The second-order valence-corrected chi connectivity index (χ2v) is 3.22. The van der Waals surface area contributed by atoms with E-state index in [1.165, 1.54) is 10.7 Å². The van der Waals surface area contributed by atoms with Crippen molar-refractivity contribution < 1.29 is 4.39 Å². The third-order valence-electron chi connectivity index (χ3n) is 1.77. The van der Waals surface area contributed by atoms with Crippen molar-refractivity contribution in [1.82, 2.24) is 9.78 Å². The summed E-state index contributed by atoms with van der Waals surface area (Å²) < 4.78 is 14.7. The van der Waals surface area contributed by atoms with Gasteiger partial charge in [0.25, 0.3) is 0 Å². The van der Waals surface area contributed by atoms with Gasteiger partial charge in [0.1, 0.15) is 17.3 Å². The molecule has 0 atom stereocenters. The molecule has 1 aromatic carbocycles. The Kier molecular flexibility index (Phi) is 4.31. The molecule has 5 heteroatoms. The predicted molar refractivity (Wildman–Crippen MR) is 64.3 cm³/mol. The van der Waals surface area contributed by atoms with Crippen molar-refractivity contribution in [3.63, 3.8) is 0 Å². The molecule has 0 fully saturated rings. The van der Waals surface area contributed by atoms with Crippen molar-refractivity contribution in [3.05, 3.63) is 41.3 Å². The SMILES string of the molecule is CC.Nc1ccn(-c2ccc(Cl)cc2F)n1. The fourth-order valence-corrected chi connectivity index (χ4v) is 1.30. The average molecular weight is 242 g/mol. The van der Waals surface area contributed by atoms with Gasteiger partial charge in [0, 0.05) is 17.3 Å². The van der Waals surface area contributed by atoms with Crippen LogP contribution in [0.25, 0.3) is 5.69 Å². The van der Waals surface area contributed by atoms with E-state index >= 15 is 0 Å². The number of benzene rings is 1. The van der Waals surface area contributed by atoms with Crippen molar-refractivity contribution in [2.75, 3.05) is 5.73 Å². The van der Waals surface area contributed by atoms with Crippen LogP contribution in [0.4, 0.5) is 10.2 Å². The lowest BCUT2D eigenvalue weighted by Gasteiger charge is -2.02. The maximum atomic E-state index is 13.4. The minimum atomic E-state index is -0.430. The Bertz CT molecular complexity index is 468. The van der Waals surface area contributed by atoms with Crippen LogP contribution in [0.5, 0.6) is 0 Å². The van der Waals surface area contributed by atoms with E-state index < -0.39 is 5.82 Å². The van der Waals surface area contributed by atoms with E-state index in [0.29, 0.717) is 16.5 Å². The summed E-state index contributed by atoms with van der Waals surface area (Å²) in [6, 6.07) is 5.96. The zero-order chi connectivity index (χ0) is 12.1. The standard InChI is InChI=1S/C9H7ClFN3.C2H6/c10-6-1-2-8(7(11)5-6)14-4-3-9(12)13-14;1-2/h1-5H,(H2,12,13);1-2H3. The highest BCUT2D eigenvalue weighted by Crippen LogP contribution is 2.17. The first-order chi connectivity index (χ1) is 7.66. The molecular formula is C11H13ClFN3. The highest BCUT2D eigenvalue weighted by molar-refractivity contribution is 6.30. The largest absolute Gasteiger partial charge is 0.382 e. The van der Waals surface area contributed by atoms with Crippen LogP contribution >= 0.6 is 11.6 Å². The van der Waals surface area contributed by atoms with Crippen LogP contribution in [0.1, 0.15) is 13.8 Å². The van der Waals surface area contributed by atoms with Crippen LogP contribution in [0.2, 0.25) is 5.02 Å². The van der Waals surface area contributed by atoms with Gasteiger partial charge in [-0.1, -0.05) is 25.4 Å². The molecule has 0 unspecified atom stereocenters. The minimum absolute atomic E-state index is 0.325. The fourth-order valence-electron chi connectivity index (χ4n) is 1.14. The molecule has 1 aromatic heterocycles. The van der Waals surface area contributed by atoms with E-state index in [9.17, 15) is 4.39 Å². The summed E-state index contributed by atoms with van der Waals surface area (Å²) in [5.41, 5.74) is 5.74. The van der Waals surface area contributed by atoms with Gasteiger partial charge in [-0.25, -0.2) is 9.07 Å². The maximum absolute atomic E-state index is 13.4. The Morgan fingerprint density at radius 3 is 2.50 bits per heavy atom. The summed E-state index contributed by atoms with van der Waals surface area (Å²) in [5.74, 6) is -0.0834. The number of halogens is 2. The van der Waals surface area contributed by atoms with Gasteiger partial charge < -0.3 is 5.73 Å². The monoisotopic (exact) mass is 241 g/mol. The van der Waals surface area contributed by atoms with Crippen molar-refractivity contribution in [1.29, 1.82) is 0 Å². The zero-order valence-electron chi connectivity index (χ0n) is 9.11. The molecular weight excluding hydrogens is 229 g/mol. The molecule has 1 heterocycles. The van der Waals surface area contributed by atoms with Crippen LogP contribution < -0.4 is 5.73 Å². The number of hydrogen-bond acceptors (Lipinski definition) is 2. The molecule has 0 saturated heterocycles. The smallest absolute Gasteiger partial charge is 0.150 e. The Labute approximate surface area is 98.6 Å². The number of rotatable bonds is 1. The number of nitrogens with two attached hydrogens (primary N) is 1. The number of anilines is 1. The van der Waals surface area contributed by atoms with E-state index in [-0.39, 0.29) is 0 Å². The molecule has 0 aliphatic heterocycles. The van der Waals surface area contributed by atoms with Crippen LogP contribution in [-0.4, -0.2) is 9.78 Å². The number of hydrogen-bond donors (Lipinski definition) is 1. The quantitative estimate of drug-likeness (QED) is 0.833. The summed E-state index contributed by atoms with van der Waals surface area (Å²) in [4.78, 5) is 0. The zero-order valence-corrected chi connectivity index (χ0v) is 9.87. The number of nitrogen functional groups attached to an aromatic ring is 1. The molecule has 0 aliphatic rings. The lowest BCUT2D eigenvalue weighted by Crippen LogP contribution is -1.99. The predicted octanol–water partition coefficient (Wildman–Crippen LogP) is 3.27. The van der Waals surface area contributed by atoms with Crippen molar-refractivity contribution in [3.8, 4) is 5.69 Å². The second kappa shape index (κ2) is 5.51. The van der Waals surface area contributed by atoms with Gasteiger partial charge in [-0.3, -0.25) is 0 Å². The third-order valence-corrected chi connectivity index (χ3v) is 2.00. The molecule has 0 aliphatic carbocycles. The van der Waals surface area contributed by atoms with Gasteiger partial charge in [-0.2, -0.15) is 5.10 Å². The van der Waals surface area contributed by atoms with Gasteiger partial charge >= 0.3 is 0 Å².